The van der Waals surface area contributed by atoms with E-state index < -0.39 is 0 Å². The molecule has 2 aliphatic rings. The van der Waals surface area contributed by atoms with Crippen molar-refractivity contribution in [2.45, 2.75) is 51.6 Å². The van der Waals surface area contributed by atoms with Crippen LogP contribution < -0.4 is 5.32 Å². The molecule has 14 heavy (non-hydrogen) atoms. The molecule has 2 heterocycles. The Balaban J connectivity index is 2.02. The Morgan fingerprint density at radius 3 is 2.57 bits per heavy atom. The molecule has 0 spiro atoms. The highest BCUT2D eigenvalue weighted by atomic mass is 15.2. The third kappa shape index (κ3) is 1.96. The van der Waals surface area contributed by atoms with Gasteiger partial charge in [-0.3, -0.25) is 4.90 Å². The summed E-state index contributed by atoms with van der Waals surface area (Å²) in [6.45, 7) is 10.9. The van der Waals surface area contributed by atoms with Gasteiger partial charge < -0.3 is 5.32 Å². The number of hydrogen-bond donors (Lipinski definition) is 1. The highest BCUT2D eigenvalue weighted by Gasteiger charge is 2.38. The molecular formula is C12H24N2. The van der Waals surface area contributed by atoms with E-state index in [9.17, 15) is 0 Å². The Kier molecular flexibility index (Phi) is 2.85. The first-order valence-corrected chi connectivity index (χ1v) is 6.06. The van der Waals surface area contributed by atoms with Crippen molar-refractivity contribution in [3.63, 3.8) is 0 Å². The summed E-state index contributed by atoms with van der Waals surface area (Å²) in [7, 11) is 0. The van der Waals surface area contributed by atoms with Gasteiger partial charge in [-0.2, -0.15) is 0 Å². The van der Waals surface area contributed by atoms with Gasteiger partial charge in [0.2, 0.25) is 0 Å². The van der Waals surface area contributed by atoms with Crippen LogP contribution in [-0.2, 0) is 0 Å². The van der Waals surface area contributed by atoms with Crippen LogP contribution in [0.2, 0.25) is 0 Å². The van der Waals surface area contributed by atoms with Crippen LogP contribution in [-0.4, -0.2) is 36.1 Å². The van der Waals surface area contributed by atoms with Gasteiger partial charge in [0, 0.05) is 11.6 Å². The summed E-state index contributed by atoms with van der Waals surface area (Å²) in [5.74, 6) is 0.914. The van der Waals surface area contributed by atoms with Crippen molar-refractivity contribution in [2.75, 3.05) is 19.6 Å². The third-order valence-electron chi connectivity index (χ3n) is 3.80. The standard InChI is InChI=1S/C12H24N2/c1-12(2,3)14-8-4-5-11(14)10-6-7-13-9-10/h10-11,13H,4-9H2,1-3H3. The molecule has 0 aliphatic carbocycles. The normalized spacial score (nSPS) is 35.4. The van der Waals surface area contributed by atoms with Gasteiger partial charge in [-0.15, -0.1) is 0 Å². The zero-order chi connectivity index (χ0) is 10.2. The van der Waals surface area contributed by atoms with Crippen molar-refractivity contribution >= 4 is 0 Å². The second-order valence-corrected chi connectivity index (χ2v) is 5.83. The minimum atomic E-state index is 0.365. The molecule has 0 amide bonds. The summed E-state index contributed by atoms with van der Waals surface area (Å²) < 4.78 is 0. The monoisotopic (exact) mass is 196 g/mol. The molecule has 2 saturated heterocycles. The maximum absolute atomic E-state index is 3.49. The first kappa shape index (κ1) is 10.4. The number of nitrogens with one attached hydrogen (secondary N) is 1. The van der Waals surface area contributed by atoms with Gasteiger partial charge in [0.05, 0.1) is 0 Å². The minimum absolute atomic E-state index is 0.365. The lowest BCUT2D eigenvalue weighted by Gasteiger charge is -2.39. The van der Waals surface area contributed by atoms with E-state index in [1.807, 2.05) is 0 Å². The maximum Gasteiger partial charge on any atom is 0.0142 e. The van der Waals surface area contributed by atoms with Crippen LogP contribution in [0.4, 0.5) is 0 Å². The van der Waals surface area contributed by atoms with Gasteiger partial charge in [-0.05, 0) is 65.6 Å². The van der Waals surface area contributed by atoms with Gasteiger partial charge in [0.1, 0.15) is 0 Å². The number of nitrogens with zero attached hydrogens (tertiary/aromatic N) is 1. The van der Waals surface area contributed by atoms with Crippen LogP contribution in [0.3, 0.4) is 0 Å². The van der Waals surface area contributed by atoms with E-state index in [1.54, 1.807) is 0 Å². The summed E-state index contributed by atoms with van der Waals surface area (Å²) in [6, 6.07) is 0.852. The lowest BCUT2D eigenvalue weighted by atomic mass is 9.93. The molecule has 2 heteroatoms. The summed E-state index contributed by atoms with van der Waals surface area (Å²) in [6.07, 6.45) is 4.21. The Hall–Kier alpha value is -0.0800. The average molecular weight is 196 g/mol. The van der Waals surface area contributed by atoms with Crippen LogP contribution in [0.15, 0.2) is 0 Å². The van der Waals surface area contributed by atoms with Crippen molar-refractivity contribution < 1.29 is 0 Å². The molecule has 2 rings (SSSR count). The molecule has 0 aromatic heterocycles. The first-order chi connectivity index (χ1) is 6.59. The average Bonchev–Trinajstić information content (AvgIpc) is 2.73. The van der Waals surface area contributed by atoms with Crippen LogP contribution in [0, 0.1) is 5.92 Å². The highest BCUT2D eigenvalue weighted by Crippen LogP contribution is 2.32. The molecule has 0 radical (unpaired) electrons. The van der Waals surface area contributed by atoms with Gasteiger partial charge in [-0.25, -0.2) is 0 Å². The number of rotatable bonds is 1. The van der Waals surface area contributed by atoms with Crippen molar-refractivity contribution in [3.8, 4) is 0 Å². The summed E-state index contributed by atoms with van der Waals surface area (Å²) in [5, 5.41) is 3.49. The number of hydrogen-bond acceptors (Lipinski definition) is 2. The van der Waals surface area contributed by atoms with Crippen LogP contribution >= 0.6 is 0 Å². The zero-order valence-corrected chi connectivity index (χ0v) is 9.84. The molecular weight excluding hydrogens is 172 g/mol. The van der Waals surface area contributed by atoms with Crippen molar-refractivity contribution in [1.29, 1.82) is 0 Å². The van der Waals surface area contributed by atoms with Crippen LogP contribution in [0.1, 0.15) is 40.0 Å². The Bertz CT molecular complexity index is 189. The minimum Gasteiger partial charge on any atom is -0.316 e. The molecule has 82 valence electrons. The van der Waals surface area contributed by atoms with Gasteiger partial charge in [0.25, 0.3) is 0 Å². The molecule has 0 aromatic carbocycles. The van der Waals surface area contributed by atoms with E-state index in [1.165, 1.54) is 38.9 Å². The molecule has 2 aliphatic heterocycles. The largest absolute Gasteiger partial charge is 0.316 e. The van der Waals surface area contributed by atoms with Gasteiger partial charge >= 0.3 is 0 Å². The smallest absolute Gasteiger partial charge is 0.0142 e. The first-order valence-electron chi connectivity index (χ1n) is 6.06. The van der Waals surface area contributed by atoms with E-state index in [2.05, 4.69) is 31.0 Å². The lowest BCUT2D eigenvalue weighted by Crippen LogP contribution is -2.47. The summed E-state index contributed by atoms with van der Waals surface area (Å²) in [4.78, 5) is 2.73. The predicted octanol–water partition coefficient (Wildman–Crippen LogP) is 1.86. The molecule has 0 saturated carbocycles. The van der Waals surface area contributed by atoms with E-state index >= 15 is 0 Å². The van der Waals surface area contributed by atoms with Crippen LogP contribution in [0.5, 0.6) is 0 Å². The summed E-state index contributed by atoms with van der Waals surface area (Å²) >= 11 is 0. The SMILES string of the molecule is CC(C)(C)N1CCCC1C1CCNC1. The molecule has 0 aromatic rings. The van der Waals surface area contributed by atoms with E-state index in [4.69, 9.17) is 0 Å². The summed E-state index contributed by atoms with van der Waals surface area (Å²) in [5.41, 5.74) is 0.365. The molecule has 2 nitrogen and oxygen atoms in total. The van der Waals surface area contributed by atoms with Crippen LogP contribution in [0.25, 0.3) is 0 Å². The van der Waals surface area contributed by atoms with Crippen molar-refractivity contribution in [1.82, 2.24) is 10.2 Å². The Labute approximate surface area is 88.1 Å². The van der Waals surface area contributed by atoms with E-state index in [0.717, 1.165) is 12.0 Å². The molecule has 2 unspecified atom stereocenters. The maximum atomic E-state index is 3.49. The topological polar surface area (TPSA) is 15.3 Å². The van der Waals surface area contributed by atoms with E-state index in [-0.39, 0.29) is 0 Å². The lowest BCUT2D eigenvalue weighted by molar-refractivity contribution is 0.0912. The zero-order valence-electron chi connectivity index (χ0n) is 9.84. The van der Waals surface area contributed by atoms with Gasteiger partial charge in [0.15, 0.2) is 0 Å². The molecule has 1 N–H and O–H groups in total. The molecule has 2 atom stereocenters. The van der Waals surface area contributed by atoms with Crippen molar-refractivity contribution in [2.24, 2.45) is 5.92 Å². The van der Waals surface area contributed by atoms with Crippen molar-refractivity contribution in [3.05, 3.63) is 0 Å². The fraction of sp³-hybridized carbons (Fsp3) is 1.00. The Morgan fingerprint density at radius 2 is 2.00 bits per heavy atom. The quantitative estimate of drug-likeness (QED) is 0.688. The predicted molar refractivity (Wildman–Crippen MR) is 60.5 cm³/mol. The second-order valence-electron chi connectivity index (χ2n) is 5.83. The Morgan fingerprint density at radius 1 is 1.21 bits per heavy atom. The molecule has 2 fully saturated rings. The fourth-order valence-corrected chi connectivity index (χ4v) is 3.12. The van der Waals surface area contributed by atoms with E-state index in [0.29, 0.717) is 5.54 Å². The molecule has 0 bridgehead atoms. The number of likely N-dealkylation sites (tertiary alicyclic amines) is 1. The van der Waals surface area contributed by atoms with Gasteiger partial charge in [-0.1, -0.05) is 0 Å². The third-order valence-corrected chi connectivity index (χ3v) is 3.80. The highest BCUT2D eigenvalue weighted by molar-refractivity contribution is 4.94. The second kappa shape index (κ2) is 3.82. The fourth-order valence-electron chi connectivity index (χ4n) is 3.12.